The van der Waals surface area contributed by atoms with Gasteiger partial charge in [0.25, 0.3) is 0 Å². The zero-order valence-corrected chi connectivity index (χ0v) is 10.8. The summed E-state index contributed by atoms with van der Waals surface area (Å²) in [5.41, 5.74) is 1.52. The Morgan fingerprint density at radius 1 is 1.19 bits per heavy atom. The van der Waals surface area contributed by atoms with Gasteiger partial charge in [0.05, 0.1) is 5.60 Å². The summed E-state index contributed by atoms with van der Waals surface area (Å²) in [7, 11) is 1.82. The Hall–Kier alpha value is -0.530. The molecule has 0 N–H and O–H groups in total. The minimum absolute atomic E-state index is 0.100. The second kappa shape index (κ2) is 4.77. The van der Waals surface area contributed by atoms with Gasteiger partial charge in [0.2, 0.25) is 0 Å². The number of hydrogen-bond acceptors (Lipinski definition) is 1. The van der Waals surface area contributed by atoms with Crippen molar-refractivity contribution < 1.29 is 4.74 Å². The topological polar surface area (TPSA) is 9.23 Å². The maximum absolute atomic E-state index is 5.90. The molecule has 16 heavy (non-hydrogen) atoms. The number of rotatable bonds is 2. The highest BCUT2D eigenvalue weighted by atomic mass is 35.5. The first-order valence-corrected chi connectivity index (χ1v) is 6.31. The van der Waals surface area contributed by atoms with Gasteiger partial charge in [-0.15, -0.1) is 0 Å². The van der Waals surface area contributed by atoms with Crippen molar-refractivity contribution in [1.29, 1.82) is 0 Å². The number of methoxy groups -OCH3 is 1. The summed E-state index contributed by atoms with van der Waals surface area (Å²) in [6.07, 6.45) is 4.73. The van der Waals surface area contributed by atoms with Gasteiger partial charge in [0, 0.05) is 12.1 Å². The third-order valence-electron chi connectivity index (χ3n) is 3.88. The standard InChI is InChI=1S/C14H19ClO/c1-14(16-2)9-7-12(8-10-14)11-3-5-13(15)6-4-11/h3-6,12H,7-10H2,1-2H3. The first-order valence-electron chi connectivity index (χ1n) is 5.94. The molecule has 1 aromatic rings. The lowest BCUT2D eigenvalue weighted by Crippen LogP contribution is -2.32. The zero-order chi connectivity index (χ0) is 11.6. The Labute approximate surface area is 103 Å². The highest BCUT2D eigenvalue weighted by Gasteiger charge is 2.31. The molecule has 0 atom stereocenters. The summed E-state index contributed by atoms with van der Waals surface area (Å²) in [6, 6.07) is 8.28. The first-order chi connectivity index (χ1) is 7.63. The van der Waals surface area contributed by atoms with Crippen molar-refractivity contribution in [3.8, 4) is 0 Å². The van der Waals surface area contributed by atoms with Crippen LogP contribution in [0.2, 0.25) is 5.02 Å². The quantitative estimate of drug-likeness (QED) is 0.742. The molecule has 2 heteroatoms. The van der Waals surface area contributed by atoms with Crippen molar-refractivity contribution in [2.24, 2.45) is 0 Å². The Balaban J connectivity index is 2.01. The summed E-state index contributed by atoms with van der Waals surface area (Å²) >= 11 is 5.90. The second-order valence-corrected chi connectivity index (χ2v) is 5.42. The molecule has 0 radical (unpaired) electrons. The van der Waals surface area contributed by atoms with Crippen LogP contribution in [0.15, 0.2) is 24.3 Å². The fourth-order valence-electron chi connectivity index (χ4n) is 2.50. The van der Waals surface area contributed by atoms with Gasteiger partial charge in [-0.2, -0.15) is 0 Å². The van der Waals surface area contributed by atoms with Crippen LogP contribution < -0.4 is 0 Å². The Bertz CT molecular complexity index is 336. The van der Waals surface area contributed by atoms with Gasteiger partial charge in [-0.3, -0.25) is 0 Å². The van der Waals surface area contributed by atoms with E-state index >= 15 is 0 Å². The molecular formula is C14H19ClO. The normalized spacial score (nSPS) is 30.3. The number of hydrogen-bond donors (Lipinski definition) is 0. The molecule has 1 aliphatic carbocycles. The third-order valence-corrected chi connectivity index (χ3v) is 4.13. The molecule has 88 valence electrons. The van der Waals surface area contributed by atoms with E-state index in [0.717, 1.165) is 17.9 Å². The molecule has 1 nitrogen and oxygen atoms in total. The van der Waals surface area contributed by atoms with E-state index in [-0.39, 0.29) is 5.60 Å². The summed E-state index contributed by atoms with van der Waals surface area (Å²) < 4.78 is 5.56. The van der Waals surface area contributed by atoms with E-state index in [1.54, 1.807) is 0 Å². The largest absolute Gasteiger partial charge is 0.379 e. The SMILES string of the molecule is COC1(C)CCC(c2ccc(Cl)cc2)CC1. The second-order valence-electron chi connectivity index (χ2n) is 4.98. The van der Waals surface area contributed by atoms with E-state index in [9.17, 15) is 0 Å². The molecular weight excluding hydrogens is 220 g/mol. The molecule has 0 saturated heterocycles. The average molecular weight is 239 g/mol. The smallest absolute Gasteiger partial charge is 0.0651 e. The molecule has 1 aliphatic rings. The van der Waals surface area contributed by atoms with Crippen molar-refractivity contribution in [2.45, 2.75) is 44.1 Å². The van der Waals surface area contributed by atoms with Gasteiger partial charge in [-0.05, 0) is 56.2 Å². The molecule has 1 aromatic carbocycles. The van der Waals surface area contributed by atoms with Crippen LogP contribution in [0.25, 0.3) is 0 Å². The monoisotopic (exact) mass is 238 g/mol. The van der Waals surface area contributed by atoms with Crippen LogP contribution in [0.3, 0.4) is 0 Å². The number of benzene rings is 1. The molecule has 1 saturated carbocycles. The summed E-state index contributed by atoms with van der Waals surface area (Å²) in [5.74, 6) is 0.681. The van der Waals surface area contributed by atoms with Gasteiger partial charge in [-0.25, -0.2) is 0 Å². The van der Waals surface area contributed by atoms with Crippen LogP contribution in [-0.2, 0) is 4.74 Å². The zero-order valence-electron chi connectivity index (χ0n) is 10.0. The Morgan fingerprint density at radius 3 is 2.25 bits per heavy atom. The minimum Gasteiger partial charge on any atom is -0.379 e. The summed E-state index contributed by atoms with van der Waals surface area (Å²) in [4.78, 5) is 0. The summed E-state index contributed by atoms with van der Waals surface area (Å²) in [5, 5.41) is 0.821. The van der Waals surface area contributed by atoms with E-state index in [2.05, 4.69) is 19.1 Å². The lowest BCUT2D eigenvalue weighted by molar-refractivity contribution is -0.0271. The molecule has 0 unspecified atom stereocenters. The predicted molar refractivity (Wildman–Crippen MR) is 68.1 cm³/mol. The van der Waals surface area contributed by atoms with E-state index in [1.165, 1.54) is 18.4 Å². The van der Waals surface area contributed by atoms with Crippen molar-refractivity contribution in [1.82, 2.24) is 0 Å². The average Bonchev–Trinajstić information content (AvgIpc) is 2.32. The molecule has 1 fully saturated rings. The van der Waals surface area contributed by atoms with E-state index < -0.39 is 0 Å². The highest BCUT2D eigenvalue weighted by molar-refractivity contribution is 6.30. The maximum Gasteiger partial charge on any atom is 0.0651 e. The molecule has 2 rings (SSSR count). The lowest BCUT2D eigenvalue weighted by atomic mass is 9.77. The van der Waals surface area contributed by atoms with Crippen LogP contribution in [0.4, 0.5) is 0 Å². The van der Waals surface area contributed by atoms with Gasteiger partial charge in [-0.1, -0.05) is 23.7 Å². The van der Waals surface area contributed by atoms with Gasteiger partial charge in [0.15, 0.2) is 0 Å². The molecule has 0 spiro atoms. The van der Waals surface area contributed by atoms with Gasteiger partial charge < -0.3 is 4.74 Å². The van der Waals surface area contributed by atoms with Crippen LogP contribution >= 0.6 is 11.6 Å². The Morgan fingerprint density at radius 2 is 1.75 bits per heavy atom. The molecule has 0 bridgehead atoms. The van der Waals surface area contributed by atoms with Crippen LogP contribution in [0.5, 0.6) is 0 Å². The molecule has 0 aliphatic heterocycles. The molecule has 0 heterocycles. The highest BCUT2D eigenvalue weighted by Crippen LogP contribution is 2.39. The van der Waals surface area contributed by atoms with E-state index in [0.29, 0.717) is 5.92 Å². The fourth-order valence-corrected chi connectivity index (χ4v) is 2.63. The van der Waals surface area contributed by atoms with Gasteiger partial charge in [0.1, 0.15) is 0 Å². The van der Waals surface area contributed by atoms with Crippen LogP contribution in [-0.4, -0.2) is 12.7 Å². The van der Waals surface area contributed by atoms with E-state index in [1.807, 2.05) is 19.2 Å². The van der Waals surface area contributed by atoms with Gasteiger partial charge >= 0.3 is 0 Å². The third kappa shape index (κ3) is 2.58. The van der Waals surface area contributed by atoms with E-state index in [4.69, 9.17) is 16.3 Å². The summed E-state index contributed by atoms with van der Waals surface area (Å²) in [6.45, 7) is 2.21. The van der Waals surface area contributed by atoms with Crippen molar-refractivity contribution in [2.75, 3.05) is 7.11 Å². The predicted octanol–water partition coefficient (Wildman–Crippen LogP) is 4.40. The van der Waals surface area contributed by atoms with Crippen molar-refractivity contribution in [3.63, 3.8) is 0 Å². The van der Waals surface area contributed by atoms with Crippen molar-refractivity contribution in [3.05, 3.63) is 34.9 Å². The van der Waals surface area contributed by atoms with Crippen molar-refractivity contribution >= 4 is 11.6 Å². The molecule has 0 amide bonds. The first kappa shape index (κ1) is 11.9. The maximum atomic E-state index is 5.90. The number of halogens is 1. The molecule has 0 aromatic heterocycles. The lowest BCUT2D eigenvalue weighted by Gasteiger charge is -2.36. The fraction of sp³-hybridized carbons (Fsp3) is 0.571. The van der Waals surface area contributed by atoms with Crippen LogP contribution in [0.1, 0.15) is 44.1 Å². The van der Waals surface area contributed by atoms with Crippen LogP contribution in [0, 0.1) is 0 Å². The Kier molecular flexibility index (Phi) is 3.56. The minimum atomic E-state index is 0.100. The number of ether oxygens (including phenoxy) is 1.